The number of hydroxylamine groups is 2. The van der Waals surface area contributed by atoms with Crippen molar-refractivity contribution in [2.24, 2.45) is 0 Å². The first kappa shape index (κ1) is 15.6. The predicted molar refractivity (Wildman–Crippen MR) is 63.7 cm³/mol. The van der Waals surface area contributed by atoms with E-state index in [4.69, 9.17) is 18.6 Å². The molecule has 0 bridgehead atoms. The number of esters is 1. The zero-order valence-corrected chi connectivity index (χ0v) is 12.0. The van der Waals surface area contributed by atoms with E-state index in [1.54, 1.807) is 20.9 Å². The maximum absolute atomic E-state index is 12.6. The molecule has 0 amide bonds. The van der Waals surface area contributed by atoms with E-state index >= 15 is 0 Å². The van der Waals surface area contributed by atoms with Gasteiger partial charge in [-0.1, -0.05) is 0 Å². The molecule has 106 valence electrons. The predicted octanol–water partition coefficient (Wildman–Crippen LogP) is 1.73. The van der Waals surface area contributed by atoms with Crippen LogP contribution in [0.3, 0.4) is 0 Å². The topological polar surface area (TPSA) is 74.3 Å². The van der Waals surface area contributed by atoms with Crippen molar-refractivity contribution in [1.29, 1.82) is 0 Å². The molecule has 1 rings (SSSR count). The van der Waals surface area contributed by atoms with Crippen molar-refractivity contribution in [3.8, 4) is 0 Å². The molecule has 0 N–H and O–H groups in total. The number of nitrogens with zero attached hydrogens (tertiary/aromatic N) is 1. The molecule has 1 heterocycles. The lowest BCUT2D eigenvalue weighted by atomic mass is 10.4. The highest BCUT2D eigenvalue weighted by atomic mass is 31.2. The highest BCUT2D eigenvalue weighted by Gasteiger charge is 2.47. The van der Waals surface area contributed by atoms with E-state index in [0.717, 1.165) is 0 Å². The fourth-order valence-corrected chi connectivity index (χ4v) is 3.79. The van der Waals surface area contributed by atoms with Gasteiger partial charge in [-0.05, 0) is 13.8 Å². The molecule has 7 nitrogen and oxygen atoms in total. The molecular weight excluding hydrogens is 261 g/mol. The molecule has 1 fully saturated rings. The van der Waals surface area contributed by atoms with Crippen molar-refractivity contribution in [2.75, 3.05) is 20.3 Å². The minimum absolute atomic E-state index is 0.257. The van der Waals surface area contributed by atoms with Gasteiger partial charge in [0.1, 0.15) is 5.78 Å². The quantitative estimate of drug-likeness (QED) is 0.542. The Morgan fingerprint density at radius 2 is 1.94 bits per heavy atom. The lowest BCUT2D eigenvalue weighted by Gasteiger charge is -2.25. The number of ether oxygens (including phenoxy) is 1. The first-order chi connectivity index (χ1) is 8.42. The van der Waals surface area contributed by atoms with Crippen molar-refractivity contribution in [3.63, 3.8) is 0 Å². The summed E-state index contributed by atoms with van der Waals surface area (Å²) in [6, 6.07) is 0. The maximum Gasteiger partial charge on any atom is 0.350 e. The fourth-order valence-electron chi connectivity index (χ4n) is 1.77. The van der Waals surface area contributed by atoms with Crippen LogP contribution >= 0.6 is 7.60 Å². The van der Waals surface area contributed by atoms with E-state index in [9.17, 15) is 9.36 Å². The normalized spacial score (nSPS) is 25.3. The Kier molecular flexibility index (Phi) is 5.75. The van der Waals surface area contributed by atoms with Crippen LogP contribution in [-0.4, -0.2) is 43.4 Å². The summed E-state index contributed by atoms with van der Waals surface area (Å²) >= 11 is 0. The van der Waals surface area contributed by atoms with Crippen LogP contribution in [0, 0.1) is 0 Å². The third kappa shape index (κ3) is 3.76. The van der Waals surface area contributed by atoms with E-state index < -0.39 is 25.6 Å². The molecule has 18 heavy (non-hydrogen) atoms. The SMILES string of the molecule is CCOP(=O)(OCC)[C@H]1C[C@H](OC(C)=O)ON1C. The van der Waals surface area contributed by atoms with Crippen LogP contribution in [-0.2, 0) is 28.0 Å². The lowest BCUT2D eigenvalue weighted by molar-refractivity contribution is -0.222. The smallest absolute Gasteiger partial charge is 0.350 e. The summed E-state index contributed by atoms with van der Waals surface area (Å²) in [5.41, 5.74) is 0. The van der Waals surface area contributed by atoms with Crippen molar-refractivity contribution >= 4 is 13.6 Å². The van der Waals surface area contributed by atoms with Gasteiger partial charge < -0.3 is 13.8 Å². The molecule has 8 heteroatoms. The highest BCUT2D eigenvalue weighted by molar-refractivity contribution is 7.54. The van der Waals surface area contributed by atoms with Gasteiger partial charge in [-0.2, -0.15) is 5.06 Å². The van der Waals surface area contributed by atoms with E-state index in [1.165, 1.54) is 12.0 Å². The van der Waals surface area contributed by atoms with Gasteiger partial charge in [-0.15, -0.1) is 0 Å². The summed E-state index contributed by atoms with van der Waals surface area (Å²) < 4.78 is 28.0. The molecule has 0 unspecified atom stereocenters. The van der Waals surface area contributed by atoms with Gasteiger partial charge in [-0.25, -0.2) is 0 Å². The number of rotatable bonds is 6. The Morgan fingerprint density at radius 1 is 1.39 bits per heavy atom. The van der Waals surface area contributed by atoms with Crippen molar-refractivity contribution in [2.45, 2.75) is 39.3 Å². The average Bonchev–Trinajstić information content (AvgIpc) is 2.59. The van der Waals surface area contributed by atoms with E-state index in [1.807, 2.05) is 0 Å². The van der Waals surface area contributed by atoms with Crippen LogP contribution in [0.15, 0.2) is 0 Å². The Morgan fingerprint density at radius 3 is 2.39 bits per heavy atom. The van der Waals surface area contributed by atoms with Gasteiger partial charge >= 0.3 is 13.6 Å². The second kappa shape index (κ2) is 6.63. The van der Waals surface area contributed by atoms with Crippen molar-refractivity contribution in [1.82, 2.24) is 5.06 Å². The van der Waals surface area contributed by atoms with Crippen molar-refractivity contribution in [3.05, 3.63) is 0 Å². The molecule has 0 aromatic rings. The Labute approximate surface area is 107 Å². The molecule has 0 spiro atoms. The number of carbonyl (C=O) groups excluding carboxylic acids is 1. The van der Waals surface area contributed by atoms with Gasteiger partial charge in [0.2, 0.25) is 6.29 Å². The molecule has 0 aliphatic carbocycles. The number of carbonyl (C=O) groups is 1. The van der Waals surface area contributed by atoms with Crippen LogP contribution in [0.2, 0.25) is 0 Å². The minimum Gasteiger partial charge on any atom is -0.434 e. The highest BCUT2D eigenvalue weighted by Crippen LogP contribution is 2.57. The van der Waals surface area contributed by atoms with Crippen molar-refractivity contribution < 1.29 is 28.0 Å². The van der Waals surface area contributed by atoms with Gasteiger partial charge in [0, 0.05) is 20.4 Å². The number of hydrogen-bond acceptors (Lipinski definition) is 7. The molecule has 1 saturated heterocycles. The maximum atomic E-state index is 12.6. The van der Waals surface area contributed by atoms with Gasteiger partial charge in [-0.3, -0.25) is 14.2 Å². The molecule has 0 saturated carbocycles. The van der Waals surface area contributed by atoms with Crippen LogP contribution in [0.1, 0.15) is 27.2 Å². The summed E-state index contributed by atoms with van der Waals surface area (Å²) in [5, 5.41) is 1.37. The molecule has 0 radical (unpaired) electrons. The van der Waals surface area contributed by atoms with Crippen LogP contribution < -0.4 is 0 Å². The minimum atomic E-state index is -3.29. The van der Waals surface area contributed by atoms with Gasteiger partial charge in [0.15, 0.2) is 0 Å². The van der Waals surface area contributed by atoms with Crippen LogP contribution in [0.25, 0.3) is 0 Å². The third-order valence-corrected chi connectivity index (χ3v) is 4.89. The van der Waals surface area contributed by atoms with Gasteiger partial charge in [0.05, 0.1) is 13.2 Å². The van der Waals surface area contributed by atoms with E-state index in [2.05, 4.69) is 0 Å². The standard InChI is InChI=1S/C10H20NO6P/c1-5-14-18(13,15-6-2)9-7-10(16-8(3)12)17-11(9)4/h9-10H,5-7H2,1-4H3/t9-,10+/m0/s1. The first-order valence-electron chi connectivity index (χ1n) is 5.88. The zero-order valence-electron chi connectivity index (χ0n) is 11.1. The molecule has 1 aliphatic heterocycles. The largest absolute Gasteiger partial charge is 0.434 e. The second-order valence-corrected chi connectivity index (χ2v) is 5.97. The summed E-state index contributed by atoms with van der Waals surface area (Å²) in [6.45, 7) is 5.33. The van der Waals surface area contributed by atoms with E-state index in [-0.39, 0.29) is 19.6 Å². The van der Waals surface area contributed by atoms with Gasteiger partial charge in [0.25, 0.3) is 0 Å². The third-order valence-electron chi connectivity index (χ3n) is 2.39. The fraction of sp³-hybridized carbons (Fsp3) is 0.900. The summed E-state index contributed by atoms with van der Waals surface area (Å²) in [5.74, 6) is -1.02. The molecule has 2 atom stereocenters. The molecule has 0 aromatic heterocycles. The summed E-state index contributed by atoms with van der Waals surface area (Å²) in [4.78, 5) is 16.1. The molecular formula is C10H20NO6P. The summed E-state index contributed by atoms with van der Waals surface area (Å²) in [7, 11) is -1.68. The monoisotopic (exact) mass is 281 g/mol. The van der Waals surface area contributed by atoms with Crippen LogP contribution in [0.4, 0.5) is 0 Å². The Bertz CT molecular complexity index is 326. The van der Waals surface area contributed by atoms with Crippen LogP contribution in [0.5, 0.6) is 0 Å². The first-order valence-corrected chi connectivity index (χ1v) is 7.49. The zero-order chi connectivity index (χ0) is 13.8. The Hall–Kier alpha value is -0.460. The molecule has 0 aromatic carbocycles. The lowest BCUT2D eigenvalue weighted by Crippen LogP contribution is -2.25. The van der Waals surface area contributed by atoms with E-state index in [0.29, 0.717) is 0 Å². The summed E-state index contributed by atoms with van der Waals surface area (Å²) in [6.07, 6.45) is -0.486. The second-order valence-electron chi connectivity index (χ2n) is 3.78. The Balaban J connectivity index is 2.74. The number of hydrogen-bond donors (Lipinski definition) is 0. The molecule has 1 aliphatic rings. The average molecular weight is 281 g/mol.